The minimum absolute atomic E-state index is 0.00174. The summed E-state index contributed by atoms with van der Waals surface area (Å²) in [7, 11) is -0.376. The molecule has 0 radical (unpaired) electrons. The predicted molar refractivity (Wildman–Crippen MR) is 160 cm³/mol. The Kier molecular flexibility index (Phi) is 7.77. The van der Waals surface area contributed by atoms with E-state index in [0.717, 1.165) is 29.0 Å². The van der Waals surface area contributed by atoms with Crippen molar-refractivity contribution in [1.82, 2.24) is 24.3 Å². The van der Waals surface area contributed by atoms with Gasteiger partial charge in [-0.05, 0) is 55.4 Å². The molecule has 3 aromatic heterocycles. The third-order valence-electron chi connectivity index (χ3n) is 8.16. The molecule has 220 valence electrons. The van der Waals surface area contributed by atoms with E-state index in [4.69, 9.17) is 25.7 Å². The smallest absolute Gasteiger partial charge is 0.331 e. The van der Waals surface area contributed by atoms with Crippen molar-refractivity contribution in [3.8, 4) is 6.01 Å². The second-order valence-corrected chi connectivity index (χ2v) is 17.5. The number of amides is 3. The van der Waals surface area contributed by atoms with Crippen LogP contribution in [0.5, 0.6) is 6.01 Å². The van der Waals surface area contributed by atoms with Crippen LogP contribution in [0.15, 0.2) is 24.5 Å². The Hall–Kier alpha value is -3.22. The molecule has 0 aromatic carbocycles. The number of aromatic nitrogens is 4. The molecule has 1 saturated carbocycles. The summed E-state index contributed by atoms with van der Waals surface area (Å²) >= 11 is 6.29. The van der Waals surface area contributed by atoms with Crippen LogP contribution < -0.4 is 15.0 Å². The maximum Gasteiger partial charge on any atom is 0.331 e. The number of nitrogens with one attached hydrogen (secondary N) is 1. The molecule has 41 heavy (non-hydrogen) atoms. The van der Waals surface area contributed by atoms with E-state index in [-0.39, 0.29) is 40.7 Å². The minimum atomic E-state index is -1.88. The molecule has 0 spiro atoms. The van der Waals surface area contributed by atoms with Crippen LogP contribution in [0.25, 0.3) is 5.65 Å². The lowest BCUT2D eigenvalue weighted by atomic mass is 10.1. The van der Waals surface area contributed by atoms with Gasteiger partial charge in [0.1, 0.15) is 24.1 Å². The summed E-state index contributed by atoms with van der Waals surface area (Å²) in [6, 6.07) is 3.19. The van der Waals surface area contributed by atoms with Crippen molar-refractivity contribution in [2.24, 2.45) is 0 Å². The molecule has 2 aliphatic rings. The largest absolute Gasteiger partial charge is 0.461 e. The molecule has 4 heterocycles. The Morgan fingerprint density at radius 2 is 1.85 bits per heavy atom. The fourth-order valence-electron chi connectivity index (χ4n) is 4.43. The fourth-order valence-corrected chi connectivity index (χ4v) is 5.63. The van der Waals surface area contributed by atoms with Gasteiger partial charge in [0.25, 0.3) is 0 Å². The second-order valence-electron chi connectivity index (χ2n) is 12.3. The van der Waals surface area contributed by atoms with Crippen LogP contribution in [-0.4, -0.2) is 71.3 Å². The Labute approximate surface area is 246 Å². The van der Waals surface area contributed by atoms with Crippen LogP contribution >= 0.6 is 11.6 Å². The van der Waals surface area contributed by atoms with Crippen molar-refractivity contribution in [3.63, 3.8) is 0 Å². The minimum Gasteiger partial charge on any atom is -0.461 e. The van der Waals surface area contributed by atoms with Crippen molar-refractivity contribution in [1.29, 1.82) is 0 Å². The van der Waals surface area contributed by atoms with E-state index in [2.05, 4.69) is 55.3 Å². The van der Waals surface area contributed by atoms with Gasteiger partial charge < -0.3 is 18.9 Å². The highest BCUT2D eigenvalue weighted by Crippen LogP contribution is 2.42. The molecular formula is C28H38ClN7O4Si. The van der Waals surface area contributed by atoms with Crippen molar-refractivity contribution in [2.75, 3.05) is 37.0 Å². The van der Waals surface area contributed by atoms with E-state index in [1.54, 1.807) is 6.07 Å². The molecule has 5 rings (SSSR count). The van der Waals surface area contributed by atoms with Crippen LogP contribution in [-0.2, 0) is 9.22 Å². The number of pyridine rings is 1. The van der Waals surface area contributed by atoms with E-state index < -0.39 is 8.32 Å². The number of ether oxygens (including phenoxy) is 1. The number of anilines is 2. The van der Waals surface area contributed by atoms with E-state index >= 15 is 0 Å². The quantitative estimate of drug-likeness (QED) is 0.138. The number of rotatable bonds is 10. The zero-order valence-corrected chi connectivity index (χ0v) is 26.4. The lowest BCUT2D eigenvalue weighted by Crippen LogP contribution is -2.41. The Bertz CT molecular complexity index is 1480. The third kappa shape index (κ3) is 6.19. The lowest BCUT2D eigenvalue weighted by molar-refractivity contribution is -0.123. The highest BCUT2D eigenvalue weighted by Gasteiger charge is 2.38. The van der Waals surface area contributed by atoms with Gasteiger partial charge in [-0.2, -0.15) is 9.97 Å². The van der Waals surface area contributed by atoms with Crippen LogP contribution in [0.2, 0.25) is 23.3 Å². The predicted octanol–water partition coefficient (Wildman–Crippen LogP) is 5.63. The number of carbonyl (C=O) groups is 2. The molecule has 1 N–H and O–H groups in total. The van der Waals surface area contributed by atoms with Crippen LogP contribution in [0.4, 0.5) is 16.3 Å². The molecule has 1 saturated heterocycles. The highest BCUT2D eigenvalue weighted by atomic mass is 35.5. The van der Waals surface area contributed by atoms with Gasteiger partial charge in [-0.3, -0.25) is 14.6 Å². The average Bonchev–Trinajstić information content (AvgIpc) is 3.60. The average molecular weight is 600 g/mol. The first-order chi connectivity index (χ1) is 19.2. The molecule has 1 atom stereocenters. The first-order valence-corrected chi connectivity index (χ1v) is 17.2. The van der Waals surface area contributed by atoms with E-state index in [0.29, 0.717) is 36.3 Å². The molecule has 1 aliphatic carbocycles. The van der Waals surface area contributed by atoms with Gasteiger partial charge >= 0.3 is 12.0 Å². The number of hydrogen-bond donors (Lipinski definition) is 1. The van der Waals surface area contributed by atoms with E-state index in [1.807, 2.05) is 23.6 Å². The molecule has 2 fully saturated rings. The summed E-state index contributed by atoms with van der Waals surface area (Å²) in [6.07, 6.45) is 6.22. The van der Waals surface area contributed by atoms with E-state index in [9.17, 15) is 9.59 Å². The Morgan fingerprint density at radius 3 is 2.49 bits per heavy atom. The summed E-state index contributed by atoms with van der Waals surface area (Å²) in [6.45, 7) is 13.7. The Morgan fingerprint density at radius 1 is 1.12 bits per heavy atom. The van der Waals surface area contributed by atoms with Gasteiger partial charge in [-0.15, -0.1) is 0 Å². The zero-order valence-electron chi connectivity index (χ0n) is 24.7. The molecule has 3 amide bonds. The maximum atomic E-state index is 12.8. The van der Waals surface area contributed by atoms with Gasteiger partial charge in [0.2, 0.25) is 5.91 Å². The topological polar surface area (TPSA) is 114 Å². The molecule has 3 aromatic rings. The monoisotopic (exact) mass is 599 g/mol. The van der Waals surface area contributed by atoms with Crippen molar-refractivity contribution < 1.29 is 18.8 Å². The fraction of sp³-hybridized carbons (Fsp3) is 0.536. The summed E-state index contributed by atoms with van der Waals surface area (Å²) in [5.41, 5.74) is 3.12. The number of fused-ring (bicyclic) bond motifs is 1. The van der Waals surface area contributed by atoms with Crippen molar-refractivity contribution >= 4 is 49.0 Å². The highest BCUT2D eigenvalue weighted by molar-refractivity contribution is 6.74. The van der Waals surface area contributed by atoms with Crippen molar-refractivity contribution in [2.45, 2.75) is 70.6 Å². The van der Waals surface area contributed by atoms with Gasteiger partial charge in [0, 0.05) is 25.5 Å². The normalized spacial score (nSPS) is 17.1. The maximum absolute atomic E-state index is 12.8. The van der Waals surface area contributed by atoms with Crippen LogP contribution in [0.3, 0.4) is 0 Å². The number of likely N-dealkylation sites (N-methyl/N-ethyl adjacent to an activating group) is 1. The molecular weight excluding hydrogens is 562 g/mol. The summed E-state index contributed by atoms with van der Waals surface area (Å²) in [4.78, 5) is 41.3. The van der Waals surface area contributed by atoms with Crippen LogP contribution in [0, 0.1) is 0 Å². The van der Waals surface area contributed by atoms with Gasteiger partial charge in [0.05, 0.1) is 24.0 Å². The lowest BCUT2D eigenvalue weighted by Gasteiger charge is -2.36. The number of imidazole rings is 1. The number of urea groups is 1. The Balaban J connectivity index is 1.32. The number of carbonyl (C=O) groups excluding carboxylic acids is 2. The van der Waals surface area contributed by atoms with Gasteiger partial charge in [-0.25, -0.2) is 9.78 Å². The number of halogens is 1. The molecule has 13 heteroatoms. The molecule has 0 unspecified atom stereocenters. The first kappa shape index (κ1) is 29.3. The molecule has 1 aliphatic heterocycles. The van der Waals surface area contributed by atoms with Gasteiger partial charge in [0.15, 0.2) is 14.0 Å². The first-order valence-electron chi connectivity index (χ1n) is 13.9. The third-order valence-corrected chi connectivity index (χ3v) is 12.9. The van der Waals surface area contributed by atoms with Gasteiger partial charge in [-0.1, -0.05) is 32.4 Å². The second kappa shape index (κ2) is 10.9. The SMILES string of the molecule is C[C@H](Nc1cc(Cl)nc(OCCO[Si](C)(C)C(C)(C)C)n1)c1cn2cc(C3CC3)cc(N3CC(=O)N(C)C3=O)c2n1. The van der Waals surface area contributed by atoms with Crippen LogP contribution in [0.1, 0.15) is 63.8 Å². The number of nitrogens with zero attached hydrogens (tertiary/aromatic N) is 6. The van der Waals surface area contributed by atoms with E-state index in [1.165, 1.54) is 11.9 Å². The summed E-state index contributed by atoms with van der Waals surface area (Å²) in [5, 5.41) is 3.70. The number of hydrogen-bond acceptors (Lipinski definition) is 8. The molecule has 0 bridgehead atoms. The zero-order chi connectivity index (χ0) is 29.7. The molecule has 11 nitrogen and oxygen atoms in total. The summed E-state index contributed by atoms with van der Waals surface area (Å²) < 4.78 is 13.9. The number of imide groups is 1. The standard InChI is InChI=1S/C28H38ClN7O4Si/c1-17(30-23-13-22(29)32-26(33-23)39-10-11-40-41(6,7)28(2,3)4)20-15-35-14-19(18-8-9-18)12-21(25(35)31-20)36-16-24(37)34(5)27(36)38/h12-15,17-18H,8-11,16H2,1-7H3,(H,30,32,33)/t17-/m0/s1. The van der Waals surface area contributed by atoms with Crippen molar-refractivity contribution in [3.05, 3.63) is 40.9 Å². The summed E-state index contributed by atoms with van der Waals surface area (Å²) in [5.74, 6) is 0.715.